The van der Waals surface area contributed by atoms with Crippen LogP contribution in [0.3, 0.4) is 0 Å². The fraction of sp³-hybridized carbons (Fsp3) is 0.538. The van der Waals surface area contributed by atoms with E-state index >= 15 is 0 Å². The lowest BCUT2D eigenvalue weighted by Crippen LogP contribution is -2.40. The van der Waals surface area contributed by atoms with Crippen LogP contribution in [0.1, 0.15) is 25.3 Å². The summed E-state index contributed by atoms with van der Waals surface area (Å²) in [5, 5.41) is 3.56. The summed E-state index contributed by atoms with van der Waals surface area (Å²) in [5.74, 6) is 0. The molecule has 1 N–H and O–H groups in total. The summed E-state index contributed by atoms with van der Waals surface area (Å²) >= 11 is 3.48. The molecule has 0 spiro atoms. The molecule has 88 valence electrons. The van der Waals surface area contributed by atoms with Crippen molar-refractivity contribution in [3.8, 4) is 0 Å². The van der Waals surface area contributed by atoms with E-state index in [0.717, 1.165) is 23.9 Å². The van der Waals surface area contributed by atoms with Gasteiger partial charge in [0.15, 0.2) is 0 Å². The molecule has 1 aromatic rings. The van der Waals surface area contributed by atoms with Gasteiger partial charge >= 0.3 is 0 Å². The number of hydrogen-bond donors (Lipinski definition) is 1. The lowest BCUT2D eigenvalue weighted by Gasteiger charge is -2.36. The molecule has 0 atom stereocenters. The first kappa shape index (κ1) is 11.9. The van der Waals surface area contributed by atoms with Crippen LogP contribution in [0.4, 0.5) is 5.69 Å². The zero-order valence-corrected chi connectivity index (χ0v) is 11.4. The van der Waals surface area contributed by atoms with Crippen LogP contribution in [-0.2, 0) is 4.74 Å². The monoisotopic (exact) mass is 283 g/mol. The highest BCUT2D eigenvalue weighted by atomic mass is 79.9. The summed E-state index contributed by atoms with van der Waals surface area (Å²) in [6.45, 7) is 5.01. The number of aryl methyl sites for hydroxylation is 1. The van der Waals surface area contributed by atoms with Crippen molar-refractivity contribution in [3.05, 3.63) is 28.2 Å². The molecule has 1 fully saturated rings. The molecule has 0 bridgehead atoms. The van der Waals surface area contributed by atoms with Crippen LogP contribution >= 0.6 is 15.9 Å². The Bertz CT molecular complexity index is 361. The Kier molecular flexibility index (Phi) is 3.87. The summed E-state index contributed by atoms with van der Waals surface area (Å²) in [6, 6.07) is 6.93. The standard InChI is InChI=1S/C13H18BrNO/c1-3-16-12-7-11(8-12)15-13-5-4-10(14)6-9(13)2/h4-6,11-12,15H,3,7-8H2,1-2H3. The van der Waals surface area contributed by atoms with Gasteiger partial charge in [-0.15, -0.1) is 0 Å². The van der Waals surface area contributed by atoms with Crippen molar-refractivity contribution < 1.29 is 4.74 Å². The van der Waals surface area contributed by atoms with E-state index < -0.39 is 0 Å². The molecule has 0 saturated heterocycles. The topological polar surface area (TPSA) is 21.3 Å². The van der Waals surface area contributed by atoms with Crippen molar-refractivity contribution in [1.29, 1.82) is 0 Å². The van der Waals surface area contributed by atoms with Gasteiger partial charge < -0.3 is 10.1 Å². The molecule has 0 aliphatic heterocycles. The van der Waals surface area contributed by atoms with E-state index in [1.165, 1.54) is 11.3 Å². The molecule has 2 rings (SSSR count). The number of anilines is 1. The Balaban J connectivity index is 1.87. The lowest BCUT2D eigenvalue weighted by atomic mass is 9.89. The van der Waals surface area contributed by atoms with E-state index in [0.29, 0.717) is 12.1 Å². The smallest absolute Gasteiger partial charge is 0.0614 e. The number of halogens is 1. The molecular formula is C13H18BrNO. The minimum absolute atomic E-state index is 0.471. The van der Waals surface area contributed by atoms with Crippen molar-refractivity contribution in [3.63, 3.8) is 0 Å². The predicted molar refractivity (Wildman–Crippen MR) is 70.9 cm³/mol. The van der Waals surface area contributed by atoms with Gasteiger partial charge in [-0.1, -0.05) is 15.9 Å². The Morgan fingerprint density at radius 2 is 2.19 bits per heavy atom. The van der Waals surface area contributed by atoms with Crippen LogP contribution in [0.15, 0.2) is 22.7 Å². The third-order valence-electron chi connectivity index (χ3n) is 3.05. The van der Waals surface area contributed by atoms with Crippen molar-refractivity contribution in [2.24, 2.45) is 0 Å². The molecule has 1 saturated carbocycles. The summed E-state index contributed by atoms with van der Waals surface area (Å²) < 4.78 is 6.68. The number of rotatable bonds is 4. The largest absolute Gasteiger partial charge is 0.382 e. The second-order valence-corrected chi connectivity index (χ2v) is 5.26. The summed E-state index contributed by atoms with van der Waals surface area (Å²) in [6.07, 6.45) is 2.73. The Morgan fingerprint density at radius 3 is 2.81 bits per heavy atom. The van der Waals surface area contributed by atoms with Crippen molar-refractivity contribution in [1.82, 2.24) is 0 Å². The van der Waals surface area contributed by atoms with Gasteiger partial charge in [-0.3, -0.25) is 0 Å². The number of hydrogen-bond acceptors (Lipinski definition) is 2. The predicted octanol–water partition coefficient (Wildman–Crippen LogP) is 3.74. The average Bonchev–Trinajstić information content (AvgIpc) is 2.18. The summed E-state index contributed by atoms with van der Waals surface area (Å²) in [4.78, 5) is 0. The Labute approximate surface area is 106 Å². The van der Waals surface area contributed by atoms with Gasteiger partial charge in [-0.25, -0.2) is 0 Å². The number of benzene rings is 1. The van der Waals surface area contributed by atoms with Gasteiger partial charge in [-0.2, -0.15) is 0 Å². The van der Waals surface area contributed by atoms with E-state index in [1.54, 1.807) is 0 Å². The van der Waals surface area contributed by atoms with Crippen LogP contribution in [0.2, 0.25) is 0 Å². The second kappa shape index (κ2) is 5.19. The highest BCUT2D eigenvalue weighted by Crippen LogP contribution is 2.28. The minimum Gasteiger partial charge on any atom is -0.382 e. The van der Waals surface area contributed by atoms with Gasteiger partial charge in [0.1, 0.15) is 0 Å². The summed E-state index contributed by atoms with van der Waals surface area (Å²) in [5.41, 5.74) is 2.53. The van der Waals surface area contributed by atoms with Crippen molar-refractivity contribution in [2.75, 3.05) is 11.9 Å². The Morgan fingerprint density at radius 1 is 1.44 bits per heavy atom. The maximum absolute atomic E-state index is 5.55. The second-order valence-electron chi connectivity index (χ2n) is 4.35. The van der Waals surface area contributed by atoms with E-state index in [9.17, 15) is 0 Å². The van der Waals surface area contributed by atoms with Gasteiger partial charge in [0.2, 0.25) is 0 Å². The van der Waals surface area contributed by atoms with Crippen molar-refractivity contribution >= 4 is 21.6 Å². The van der Waals surface area contributed by atoms with E-state index in [1.807, 2.05) is 0 Å². The van der Waals surface area contributed by atoms with Gasteiger partial charge in [0.05, 0.1) is 6.10 Å². The lowest BCUT2D eigenvalue weighted by molar-refractivity contribution is 0.00298. The van der Waals surface area contributed by atoms with Gasteiger partial charge in [0, 0.05) is 22.8 Å². The highest BCUT2D eigenvalue weighted by molar-refractivity contribution is 9.10. The molecule has 3 heteroatoms. The normalized spacial score (nSPS) is 23.9. The molecule has 1 aromatic carbocycles. The maximum Gasteiger partial charge on any atom is 0.0614 e. The molecular weight excluding hydrogens is 266 g/mol. The minimum atomic E-state index is 0.471. The van der Waals surface area contributed by atoms with Crippen molar-refractivity contribution in [2.45, 2.75) is 38.8 Å². The first-order valence-electron chi connectivity index (χ1n) is 5.83. The fourth-order valence-electron chi connectivity index (χ4n) is 2.06. The van der Waals surface area contributed by atoms with Gasteiger partial charge in [-0.05, 0) is 50.5 Å². The maximum atomic E-state index is 5.55. The third kappa shape index (κ3) is 2.77. The Hall–Kier alpha value is -0.540. The molecule has 1 aliphatic carbocycles. The third-order valence-corrected chi connectivity index (χ3v) is 3.54. The van der Waals surface area contributed by atoms with Crippen LogP contribution in [-0.4, -0.2) is 18.8 Å². The molecule has 1 aliphatic rings. The molecule has 0 aromatic heterocycles. The SMILES string of the molecule is CCOC1CC(Nc2ccc(Br)cc2C)C1. The van der Waals surface area contributed by atoms with Crippen LogP contribution in [0.25, 0.3) is 0 Å². The first-order chi connectivity index (χ1) is 7.69. The van der Waals surface area contributed by atoms with Crippen LogP contribution < -0.4 is 5.32 Å². The van der Waals surface area contributed by atoms with Gasteiger partial charge in [0.25, 0.3) is 0 Å². The van der Waals surface area contributed by atoms with E-state index in [4.69, 9.17) is 4.74 Å². The molecule has 0 unspecified atom stereocenters. The zero-order valence-electron chi connectivity index (χ0n) is 9.79. The number of ether oxygens (including phenoxy) is 1. The quantitative estimate of drug-likeness (QED) is 0.909. The van der Waals surface area contributed by atoms with Crippen LogP contribution in [0, 0.1) is 6.92 Å². The highest BCUT2D eigenvalue weighted by Gasteiger charge is 2.29. The molecule has 0 heterocycles. The first-order valence-corrected chi connectivity index (χ1v) is 6.62. The number of nitrogens with one attached hydrogen (secondary N) is 1. The van der Waals surface area contributed by atoms with E-state index in [2.05, 4.69) is 53.3 Å². The molecule has 16 heavy (non-hydrogen) atoms. The van der Waals surface area contributed by atoms with E-state index in [-0.39, 0.29) is 0 Å². The molecule has 0 amide bonds. The average molecular weight is 284 g/mol. The fourth-order valence-corrected chi connectivity index (χ4v) is 2.54. The molecule has 0 radical (unpaired) electrons. The van der Waals surface area contributed by atoms with Crippen LogP contribution in [0.5, 0.6) is 0 Å². The molecule has 2 nitrogen and oxygen atoms in total. The zero-order chi connectivity index (χ0) is 11.5. The summed E-state index contributed by atoms with van der Waals surface area (Å²) in [7, 11) is 0.